The van der Waals surface area contributed by atoms with Crippen LogP contribution >= 0.6 is 0 Å². The number of piperidine rings is 1. The summed E-state index contributed by atoms with van der Waals surface area (Å²) in [5, 5.41) is 3.46. The van der Waals surface area contributed by atoms with E-state index in [4.69, 9.17) is 9.47 Å². The number of methoxy groups -OCH3 is 1. The Morgan fingerprint density at radius 1 is 1.10 bits per heavy atom. The first-order valence-electron chi connectivity index (χ1n) is 11.1. The van der Waals surface area contributed by atoms with Crippen molar-refractivity contribution in [2.45, 2.75) is 32.2 Å². The minimum absolute atomic E-state index is 0.154. The highest BCUT2D eigenvalue weighted by molar-refractivity contribution is 5.94. The van der Waals surface area contributed by atoms with Gasteiger partial charge in [0.15, 0.2) is 5.96 Å². The maximum absolute atomic E-state index is 12.6. The highest BCUT2D eigenvalue weighted by Crippen LogP contribution is 2.17. The van der Waals surface area contributed by atoms with Gasteiger partial charge in [-0.15, -0.1) is 0 Å². The molecule has 1 amide bonds. The first-order chi connectivity index (χ1) is 14.7. The number of nitrogens with one attached hydrogen (secondary N) is 1. The quantitative estimate of drug-likeness (QED) is 0.400. The fourth-order valence-corrected chi connectivity index (χ4v) is 4.11. The van der Waals surface area contributed by atoms with Crippen molar-refractivity contribution in [3.8, 4) is 0 Å². The zero-order valence-corrected chi connectivity index (χ0v) is 18.4. The smallest absolute Gasteiger partial charge is 0.253 e. The maximum Gasteiger partial charge on any atom is 0.253 e. The second-order valence-electron chi connectivity index (χ2n) is 8.12. The number of amides is 1. The summed E-state index contributed by atoms with van der Waals surface area (Å²) in [7, 11) is 3.52. The second kappa shape index (κ2) is 11.9. The summed E-state index contributed by atoms with van der Waals surface area (Å²) < 4.78 is 10.7. The molecule has 7 heteroatoms. The molecule has 2 fully saturated rings. The molecule has 3 rings (SSSR count). The van der Waals surface area contributed by atoms with E-state index in [2.05, 4.69) is 15.2 Å². The molecule has 0 aliphatic carbocycles. The predicted molar refractivity (Wildman–Crippen MR) is 119 cm³/mol. The van der Waals surface area contributed by atoms with Crippen LogP contribution in [0.4, 0.5) is 0 Å². The molecular weight excluding hydrogens is 380 g/mol. The lowest BCUT2D eigenvalue weighted by atomic mass is 10.1. The first-order valence-corrected chi connectivity index (χ1v) is 11.1. The largest absolute Gasteiger partial charge is 0.382 e. The van der Waals surface area contributed by atoms with E-state index in [1.165, 1.54) is 6.42 Å². The first kappa shape index (κ1) is 22.6. The van der Waals surface area contributed by atoms with Gasteiger partial charge in [0.2, 0.25) is 0 Å². The van der Waals surface area contributed by atoms with Gasteiger partial charge in [0.05, 0.1) is 19.8 Å². The average Bonchev–Trinajstić information content (AvgIpc) is 3.26. The molecule has 2 saturated heterocycles. The monoisotopic (exact) mass is 416 g/mol. The molecule has 0 bridgehead atoms. The van der Waals surface area contributed by atoms with E-state index in [-0.39, 0.29) is 5.91 Å². The van der Waals surface area contributed by atoms with Crippen LogP contribution < -0.4 is 5.32 Å². The van der Waals surface area contributed by atoms with Crippen LogP contribution in [0, 0.1) is 5.92 Å². The number of benzene rings is 1. The summed E-state index contributed by atoms with van der Waals surface area (Å²) in [4.78, 5) is 21.3. The van der Waals surface area contributed by atoms with Gasteiger partial charge in [0, 0.05) is 58.4 Å². The van der Waals surface area contributed by atoms with Crippen molar-refractivity contribution in [2.24, 2.45) is 10.9 Å². The van der Waals surface area contributed by atoms with Gasteiger partial charge >= 0.3 is 0 Å². The van der Waals surface area contributed by atoms with Crippen molar-refractivity contribution in [1.82, 2.24) is 15.1 Å². The summed E-state index contributed by atoms with van der Waals surface area (Å²) in [6, 6.07) is 7.96. The lowest BCUT2D eigenvalue weighted by molar-refractivity contribution is 0.0536. The number of carbonyl (C=O) groups is 1. The van der Waals surface area contributed by atoms with Crippen LogP contribution in [-0.4, -0.2) is 81.8 Å². The molecule has 0 spiro atoms. The van der Waals surface area contributed by atoms with Crippen molar-refractivity contribution in [3.05, 3.63) is 35.4 Å². The summed E-state index contributed by atoms with van der Waals surface area (Å²) in [5.74, 6) is 1.60. The normalized spacial score (nSPS) is 19.9. The van der Waals surface area contributed by atoms with Crippen molar-refractivity contribution in [1.29, 1.82) is 0 Å². The molecular formula is C23H36N4O3. The molecule has 166 valence electrons. The number of rotatable bonds is 8. The summed E-state index contributed by atoms with van der Waals surface area (Å²) >= 11 is 0. The van der Waals surface area contributed by atoms with Crippen LogP contribution in [0.25, 0.3) is 0 Å². The molecule has 1 aromatic rings. The zero-order chi connectivity index (χ0) is 21.2. The van der Waals surface area contributed by atoms with Crippen molar-refractivity contribution in [3.63, 3.8) is 0 Å². The summed E-state index contributed by atoms with van der Waals surface area (Å²) in [5.41, 5.74) is 1.92. The fourth-order valence-electron chi connectivity index (χ4n) is 4.11. The van der Waals surface area contributed by atoms with Gasteiger partial charge in [-0.3, -0.25) is 9.79 Å². The van der Waals surface area contributed by atoms with E-state index >= 15 is 0 Å². The predicted octanol–water partition coefficient (Wildman–Crippen LogP) is 2.37. The Hall–Kier alpha value is -2.12. The van der Waals surface area contributed by atoms with E-state index in [0.717, 1.165) is 69.1 Å². The molecule has 7 nitrogen and oxygen atoms in total. The van der Waals surface area contributed by atoms with Gasteiger partial charge in [-0.1, -0.05) is 12.1 Å². The number of hydrogen-bond acceptors (Lipinski definition) is 4. The Labute approximate surface area is 180 Å². The minimum atomic E-state index is 0.154. The van der Waals surface area contributed by atoms with Crippen molar-refractivity contribution < 1.29 is 14.3 Å². The van der Waals surface area contributed by atoms with Gasteiger partial charge in [-0.25, -0.2) is 0 Å². The fraction of sp³-hybridized carbons (Fsp3) is 0.652. The van der Waals surface area contributed by atoms with E-state index in [1.807, 2.05) is 36.2 Å². The van der Waals surface area contributed by atoms with Gasteiger partial charge in [0.1, 0.15) is 0 Å². The number of guanidine groups is 1. The van der Waals surface area contributed by atoms with E-state index in [1.54, 1.807) is 7.11 Å². The Morgan fingerprint density at radius 2 is 1.87 bits per heavy atom. The molecule has 0 saturated carbocycles. The third kappa shape index (κ3) is 6.44. The molecule has 1 unspecified atom stereocenters. The number of ether oxygens (including phenoxy) is 2. The molecule has 2 heterocycles. The topological polar surface area (TPSA) is 66.4 Å². The van der Waals surface area contributed by atoms with E-state index in [0.29, 0.717) is 25.7 Å². The van der Waals surface area contributed by atoms with Crippen LogP contribution in [0.3, 0.4) is 0 Å². The minimum Gasteiger partial charge on any atom is -0.382 e. The molecule has 0 aromatic heterocycles. The third-order valence-electron chi connectivity index (χ3n) is 5.88. The highest BCUT2D eigenvalue weighted by atomic mass is 16.5. The van der Waals surface area contributed by atoms with Crippen LogP contribution in [0.1, 0.15) is 41.6 Å². The number of nitrogens with zero attached hydrogens (tertiary/aromatic N) is 3. The van der Waals surface area contributed by atoms with Crippen LogP contribution in [0.15, 0.2) is 29.3 Å². The van der Waals surface area contributed by atoms with Gasteiger partial charge in [-0.05, 0) is 43.4 Å². The van der Waals surface area contributed by atoms with Crippen molar-refractivity contribution in [2.75, 3.05) is 60.2 Å². The summed E-state index contributed by atoms with van der Waals surface area (Å²) in [6.45, 7) is 6.45. The number of aliphatic imine (C=N–C) groups is 1. The molecule has 1 atom stereocenters. The lowest BCUT2D eigenvalue weighted by Crippen LogP contribution is -2.39. The standard InChI is InChI=1S/C23H36N4O3/c1-24-23(27-13-10-20(17-27)18-30-15-14-29-2)25-16-19-6-8-21(9-7-19)22(28)26-11-4-3-5-12-26/h6-9,20H,3-5,10-18H2,1-2H3,(H,24,25). The average molecular weight is 417 g/mol. The summed E-state index contributed by atoms with van der Waals surface area (Å²) in [6.07, 6.45) is 4.57. The van der Waals surface area contributed by atoms with Crippen LogP contribution in [-0.2, 0) is 16.0 Å². The molecule has 2 aliphatic rings. The zero-order valence-electron chi connectivity index (χ0n) is 18.4. The van der Waals surface area contributed by atoms with E-state index < -0.39 is 0 Å². The Bertz CT molecular complexity index is 686. The van der Waals surface area contributed by atoms with Gasteiger partial charge < -0.3 is 24.6 Å². The van der Waals surface area contributed by atoms with Crippen LogP contribution in [0.2, 0.25) is 0 Å². The Kier molecular flexibility index (Phi) is 8.96. The molecule has 0 radical (unpaired) electrons. The number of hydrogen-bond donors (Lipinski definition) is 1. The molecule has 1 N–H and O–H groups in total. The van der Waals surface area contributed by atoms with E-state index in [9.17, 15) is 4.79 Å². The molecule has 1 aromatic carbocycles. The highest BCUT2D eigenvalue weighted by Gasteiger charge is 2.25. The number of carbonyl (C=O) groups excluding carboxylic acids is 1. The SMILES string of the molecule is CN=C(NCc1ccc(C(=O)N2CCCCC2)cc1)N1CCC(COCCOC)C1. The van der Waals surface area contributed by atoms with Crippen LogP contribution in [0.5, 0.6) is 0 Å². The third-order valence-corrected chi connectivity index (χ3v) is 5.88. The lowest BCUT2D eigenvalue weighted by Gasteiger charge is -2.26. The molecule has 30 heavy (non-hydrogen) atoms. The van der Waals surface area contributed by atoms with Gasteiger partial charge in [0.25, 0.3) is 5.91 Å². The number of likely N-dealkylation sites (tertiary alicyclic amines) is 2. The van der Waals surface area contributed by atoms with Gasteiger partial charge in [-0.2, -0.15) is 0 Å². The van der Waals surface area contributed by atoms with Crippen molar-refractivity contribution >= 4 is 11.9 Å². The Balaban J connectivity index is 1.44. The molecule has 2 aliphatic heterocycles. The Morgan fingerprint density at radius 3 is 2.57 bits per heavy atom. The maximum atomic E-state index is 12.6. The second-order valence-corrected chi connectivity index (χ2v) is 8.12.